The predicted molar refractivity (Wildman–Crippen MR) is 393 cm³/mol. The van der Waals surface area contributed by atoms with Gasteiger partial charge in [-0.2, -0.15) is 0 Å². The van der Waals surface area contributed by atoms with Gasteiger partial charge in [0.25, 0.3) is 5.91 Å². The van der Waals surface area contributed by atoms with Crippen LogP contribution >= 0.6 is 0 Å². The van der Waals surface area contributed by atoms with E-state index >= 15 is 0 Å². The highest BCUT2D eigenvalue weighted by molar-refractivity contribution is 5.94. The van der Waals surface area contributed by atoms with E-state index < -0.39 is 123 Å². The van der Waals surface area contributed by atoms with Crippen LogP contribution in [0.1, 0.15) is 43.7 Å². The second kappa shape index (κ2) is 45.8. The molecule has 0 aliphatic heterocycles. The van der Waals surface area contributed by atoms with Crippen LogP contribution in [0.25, 0.3) is 0 Å². The van der Waals surface area contributed by atoms with E-state index in [-0.39, 0.29) is 123 Å². The Bertz CT molecular complexity index is 4150. The van der Waals surface area contributed by atoms with Gasteiger partial charge in [0, 0.05) is 158 Å². The predicted octanol–water partition coefficient (Wildman–Crippen LogP) is -2.60. The highest BCUT2D eigenvalue weighted by Gasteiger charge is 2.26. The number of carbonyl (C=O) groups is 14. The van der Waals surface area contributed by atoms with Crippen LogP contribution in [0.5, 0.6) is 0 Å². The highest BCUT2D eigenvalue weighted by atomic mass is 16.2. The summed E-state index contributed by atoms with van der Waals surface area (Å²) in [7, 11) is 0. The van der Waals surface area contributed by atoms with Gasteiger partial charge in [-0.25, -0.2) is 0 Å². The SMILES string of the molecule is NC(=O)CNC(=O)CN(CCNC(=O)CN(CCNC(=O)CN(CCNC(=O)CN(CCNC(=O)CN(CCNC(=O)CN(CCNC(=O)c1ccccc1)C(=O)Cc1ccncc1)C(=O)Cc1ccncc1)C(=O)Cc1ccncc1)C(=O)Cc1ccncc1)C(=O)Cc1ccncc1)C(=O)Cc1ccncc1. The van der Waals surface area contributed by atoms with Crippen molar-refractivity contribution in [1.29, 1.82) is 0 Å². The molecule has 0 spiro atoms. The fourth-order valence-corrected chi connectivity index (χ4v) is 10.7. The molecule has 0 aliphatic rings. The van der Waals surface area contributed by atoms with Gasteiger partial charge in [-0.05, 0) is 118 Å². The quantitative estimate of drug-likeness (QED) is 0.0194. The molecule has 6 heterocycles. The Balaban J connectivity index is 0.945. The molecule has 1 aromatic carbocycles. The van der Waals surface area contributed by atoms with Crippen molar-refractivity contribution in [2.45, 2.75) is 38.5 Å². The van der Waals surface area contributed by atoms with E-state index in [1.165, 1.54) is 104 Å². The van der Waals surface area contributed by atoms with Crippen molar-refractivity contribution in [3.8, 4) is 0 Å². The first kappa shape index (κ1) is 83.0. The molecule has 572 valence electrons. The van der Waals surface area contributed by atoms with Crippen molar-refractivity contribution in [3.63, 3.8) is 0 Å². The third kappa shape index (κ3) is 31.9. The van der Waals surface area contributed by atoms with Gasteiger partial charge >= 0.3 is 0 Å². The van der Waals surface area contributed by atoms with Crippen molar-refractivity contribution < 1.29 is 67.1 Å². The molecule has 0 bridgehead atoms. The van der Waals surface area contributed by atoms with E-state index in [1.807, 2.05) is 0 Å². The van der Waals surface area contributed by atoms with Crippen LogP contribution in [-0.4, -0.2) is 266 Å². The fourth-order valence-electron chi connectivity index (χ4n) is 10.7. The van der Waals surface area contributed by atoms with Crippen LogP contribution in [0.15, 0.2) is 177 Å². The maximum absolute atomic E-state index is 14.0. The van der Waals surface area contributed by atoms with Crippen molar-refractivity contribution >= 4 is 82.7 Å². The largest absolute Gasteiger partial charge is 0.368 e. The summed E-state index contributed by atoms with van der Waals surface area (Å²) >= 11 is 0. The van der Waals surface area contributed by atoms with E-state index in [0.717, 1.165) is 0 Å². The normalized spacial score (nSPS) is 10.6. The zero-order valence-electron chi connectivity index (χ0n) is 60.1. The summed E-state index contributed by atoms with van der Waals surface area (Å²) in [5.41, 5.74) is 9.18. The molecular formula is C75H88N20O14. The molecular weight excluding hydrogens is 1400 g/mol. The number of rotatable bonds is 45. The Kier molecular flexibility index (Phi) is 34.9. The van der Waals surface area contributed by atoms with Crippen molar-refractivity contribution in [1.82, 2.24) is 96.5 Å². The third-order valence-corrected chi connectivity index (χ3v) is 16.4. The number of amides is 14. The average Bonchev–Trinajstić information content (AvgIpc) is 0.901. The molecule has 34 nitrogen and oxygen atoms in total. The molecule has 0 atom stereocenters. The highest BCUT2D eigenvalue weighted by Crippen LogP contribution is 2.10. The molecule has 0 unspecified atom stereocenters. The second-order valence-corrected chi connectivity index (χ2v) is 24.7. The van der Waals surface area contributed by atoms with Crippen LogP contribution in [0.3, 0.4) is 0 Å². The molecule has 7 rings (SSSR count). The molecule has 7 aromatic rings. The molecule has 109 heavy (non-hydrogen) atoms. The average molecular weight is 1490 g/mol. The Hall–Kier alpha value is -13.3. The molecule has 0 saturated carbocycles. The summed E-state index contributed by atoms with van der Waals surface area (Å²) in [6.45, 7) is -5.06. The van der Waals surface area contributed by atoms with Crippen LogP contribution in [0.2, 0.25) is 0 Å². The minimum Gasteiger partial charge on any atom is -0.368 e. The molecule has 34 heteroatoms. The number of nitrogens with two attached hydrogens (primary N) is 1. The maximum atomic E-state index is 14.0. The minimum absolute atomic E-state index is 0.0108. The maximum Gasteiger partial charge on any atom is 0.251 e. The van der Waals surface area contributed by atoms with Crippen molar-refractivity contribution in [2.75, 3.05) is 124 Å². The molecule has 0 fully saturated rings. The molecule has 0 radical (unpaired) electrons. The first-order chi connectivity index (χ1) is 52.7. The summed E-state index contributed by atoms with van der Waals surface area (Å²) in [6.07, 6.45) is 17.3. The standard InChI is InChI=1S/C75H88N20O14/c76-62(96)48-89-68(102)54-94(73(107)46-59-14-26-81-27-15-59)40-34-87-66(100)52-92(71(105)44-57-10-22-79-23-11-57)38-32-85-64(98)50-90(69(103)42-55-6-18-77-19-7-55)36-30-83-63(97)49-91(70(104)43-56-8-20-78-21-9-56)37-31-84-65(99)51-93(72(106)45-58-12-24-80-25-13-58)39-33-86-67(101)53-95(74(108)47-60-16-28-82-29-17-60)41-35-88-75(109)61-4-2-1-3-5-61/h1-29H,30-54H2,(H2,76,96)(H,83,97)(H,84,99)(H,85,98)(H,86,101)(H,87,100)(H,88,109)(H,89,102). The molecule has 14 amide bonds. The molecule has 9 N–H and O–H groups in total. The van der Waals surface area contributed by atoms with E-state index in [9.17, 15) is 67.1 Å². The smallest absolute Gasteiger partial charge is 0.251 e. The molecule has 6 aromatic heterocycles. The van der Waals surface area contributed by atoms with Crippen molar-refractivity contribution in [3.05, 3.63) is 216 Å². The summed E-state index contributed by atoms with van der Waals surface area (Å²) in [5.74, 6) is -7.87. The lowest BCUT2D eigenvalue weighted by molar-refractivity contribution is -0.137. The Morgan fingerprint density at radius 1 is 0.257 bits per heavy atom. The number of primary amides is 1. The van der Waals surface area contributed by atoms with E-state index in [0.29, 0.717) is 38.9 Å². The topological polar surface area (TPSA) is 446 Å². The lowest BCUT2D eigenvalue weighted by atomic mass is 10.2. The van der Waals surface area contributed by atoms with Gasteiger partial charge < -0.3 is 72.4 Å². The monoisotopic (exact) mass is 1490 g/mol. The number of carbonyl (C=O) groups excluding carboxylic acids is 14. The number of hydrogen-bond acceptors (Lipinski definition) is 20. The van der Waals surface area contributed by atoms with Gasteiger partial charge in [0.1, 0.15) is 0 Å². The first-order valence-electron chi connectivity index (χ1n) is 34.9. The van der Waals surface area contributed by atoms with Gasteiger partial charge in [0.15, 0.2) is 0 Å². The Morgan fingerprint density at radius 2 is 0.450 bits per heavy atom. The molecule has 0 aliphatic carbocycles. The number of nitrogens with zero attached hydrogens (tertiary/aromatic N) is 12. The van der Waals surface area contributed by atoms with Gasteiger partial charge in [-0.1, -0.05) is 18.2 Å². The fraction of sp³-hybridized carbons (Fsp3) is 0.333. The zero-order valence-corrected chi connectivity index (χ0v) is 60.1. The van der Waals surface area contributed by atoms with Crippen LogP contribution < -0.4 is 43.0 Å². The van der Waals surface area contributed by atoms with Crippen LogP contribution in [0.4, 0.5) is 0 Å². The number of aromatic nitrogens is 6. The number of nitrogens with one attached hydrogen (secondary N) is 7. The Morgan fingerprint density at radius 3 is 0.651 bits per heavy atom. The van der Waals surface area contributed by atoms with Gasteiger partial charge in [0.2, 0.25) is 76.8 Å². The summed E-state index contributed by atoms with van der Waals surface area (Å²) in [6, 6.07) is 28.1. The number of benzene rings is 1. The number of hydrogen-bond donors (Lipinski definition) is 8. The molecule has 0 saturated heterocycles. The van der Waals surface area contributed by atoms with E-state index in [1.54, 1.807) is 103 Å². The number of pyridine rings is 6. The van der Waals surface area contributed by atoms with Gasteiger partial charge in [-0.3, -0.25) is 97.0 Å². The summed E-state index contributed by atoms with van der Waals surface area (Å²) in [4.78, 5) is 220. The third-order valence-electron chi connectivity index (χ3n) is 16.4. The summed E-state index contributed by atoms with van der Waals surface area (Å²) < 4.78 is 0. The summed E-state index contributed by atoms with van der Waals surface area (Å²) in [5, 5.41) is 18.7. The van der Waals surface area contributed by atoms with Crippen LogP contribution in [0, 0.1) is 0 Å². The second-order valence-electron chi connectivity index (χ2n) is 24.7. The van der Waals surface area contributed by atoms with E-state index in [2.05, 4.69) is 67.1 Å². The lowest BCUT2D eigenvalue weighted by Gasteiger charge is -2.26. The van der Waals surface area contributed by atoms with Gasteiger partial charge in [0.05, 0.1) is 84.3 Å². The first-order valence-corrected chi connectivity index (χ1v) is 34.9. The van der Waals surface area contributed by atoms with Crippen molar-refractivity contribution in [2.24, 2.45) is 5.73 Å². The van der Waals surface area contributed by atoms with Crippen LogP contribution in [-0.2, 0) is 101 Å². The zero-order chi connectivity index (χ0) is 78.0. The lowest BCUT2D eigenvalue weighted by Crippen LogP contribution is -2.49. The van der Waals surface area contributed by atoms with E-state index in [4.69, 9.17) is 5.73 Å². The van der Waals surface area contributed by atoms with Gasteiger partial charge in [-0.15, -0.1) is 0 Å². The minimum atomic E-state index is -0.793. The Labute approximate surface area is 628 Å².